The third kappa shape index (κ3) is 4.87. The molecule has 4 nitrogen and oxygen atoms in total. The Labute approximate surface area is 151 Å². The van der Waals surface area contributed by atoms with Crippen LogP contribution >= 0.6 is 0 Å². The summed E-state index contributed by atoms with van der Waals surface area (Å²) >= 11 is 0. The number of carbonyl (C=O) groups is 1. The molecule has 0 aliphatic rings. The summed E-state index contributed by atoms with van der Waals surface area (Å²) in [4.78, 5) is 11.2. The minimum Gasteiger partial charge on any atom is -0.488 e. The van der Waals surface area contributed by atoms with Gasteiger partial charge in [0.1, 0.15) is 29.7 Å². The van der Waals surface area contributed by atoms with Gasteiger partial charge in [-0.15, -0.1) is 0 Å². The quantitative estimate of drug-likeness (QED) is 0.396. The summed E-state index contributed by atoms with van der Waals surface area (Å²) in [6.07, 6.45) is -5.89. The standard InChI is InChI=1S/C18H15F5O4/c1-3-10-7-12(18(21,22)23)16(8-14(10)20)26-9-11-13(19)5-4-6-15(11)27-17(24)25-2/h4-8H,3,9H2,1-2H3. The highest BCUT2D eigenvalue weighted by Gasteiger charge is 2.35. The van der Waals surface area contributed by atoms with E-state index in [2.05, 4.69) is 4.74 Å². The molecule has 9 heteroatoms. The van der Waals surface area contributed by atoms with Gasteiger partial charge in [0, 0.05) is 6.07 Å². The van der Waals surface area contributed by atoms with Gasteiger partial charge >= 0.3 is 12.3 Å². The molecule has 2 aromatic rings. The van der Waals surface area contributed by atoms with Crippen LogP contribution in [-0.2, 0) is 23.9 Å². The van der Waals surface area contributed by atoms with Crippen molar-refractivity contribution < 1.29 is 41.0 Å². The summed E-state index contributed by atoms with van der Waals surface area (Å²) < 4.78 is 81.7. The van der Waals surface area contributed by atoms with Crippen LogP contribution in [-0.4, -0.2) is 13.3 Å². The zero-order valence-corrected chi connectivity index (χ0v) is 14.3. The number of carbonyl (C=O) groups excluding carboxylic acids is 1. The van der Waals surface area contributed by atoms with Crippen molar-refractivity contribution in [2.75, 3.05) is 7.11 Å². The molecule has 0 aliphatic carbocycles. The van der Waals surface area contributed by atoms with Gasteiger partial charge < -0.3 is 14.2 Å². The monoisotopic (exact) mass is 390 g/mol. The zero-order chi connectivity index (χ0) is 20.2. The smallest absolute Gasteiger partial charge is 0.488 e. The van der Waals surface area contributed by atoms with Crippen molar-refractivity contribution in [1.82, 2.24) is 0 Å². The van der Waals surface area contributed by atoms with Gasteiger partial charge in [-0.05, 0) is 30.2 Å². The summed E-state index contributed by atoms with van der Waals surface area (Å²) in [6, 6.07) is 4.70. The lowest BCUT2D eigenvalue weighted by molar-refractivity contribution is -0.139. The van der Waals surface area contributed by atoms with Crippen LogP contribution < -0.4 is 9.47 Å². The molecule has 0 saturated carbocycles. The van der Waals surface area contributed by atoms with E-state index >= 15 is 0 Å². The number of ether oxygens (including phenoxy) is 3. The molecular formula is C18H15F5O4. The molecule has 0 atom stereocenters. The average molecular weight is 390 g/mol. The van der Waals surface area contributed by atoms with Gasteiger partial charge in [-0.2, -0.15) is 13.2 Å². The number of aryl methyl sites for hydroxylation is 1. The predicted octanol–water partition coefficient (Wildman–Crippen LogP) is 5.27. The molecule has 0 unspecified atom stereocenters. The van der Waals surface area contributed by atoms with E-state index in [9.17, 15) is 26.7 Å². The average Bonchev–Trinajstić information content (AvgIpc) is 2.60. The second-order valence-electron chi connectivity index (χ2n) is 5.35. The Bertz CT molecular complexity index is 833. The number of hydrogen-bond donors (Lipinski definition) is 0. The largest absolute Gasteiger partial charge is 0.513 e. The van der Waals surface area contributed by atoms with Crippen molar-refractivity contribution in [1.29, 1.82) is 0 Å². The van der Waals surface area contributed by atoms with Gasteiger partial charge in [-0.3, -0.25) is 0 Å². The molecule has 27 heavy (non-hydrogen) atoms. The fraction of sp³-hybridized carbons (Fsp3) is 0.278. The lowest BCUT2D eigenvalue weighted by Crippen LogP contribution is -2.13. The number of halogens is 5. The number of methoxy groups -OCH3 is 1. The molecule has 0 radical (unpaired) electrons. The molecule has 2 aromatic carbocycles. The van der Waals surface area contributed by atoms with Crippen molar-refractivity contribution in [2.24, 2.45) is 0 Å². The highest BCUT2D eigenvalue weighted by molar-refractivity contribution is 5.64. The van der Waals surface area contributed by atoms with Gasteiger partial charge in [0.25, 0.3) is 0 Å². The Balaban J connectivity index is 2.37. The van der Waals surface area contributed by atoms with Crippen LogP contribution in [0.5, 0.6) is 11.5 Å². The van der Waals surface area contributed by atoms with E-state index in [1.54, 1.807) is 0 Å². The van der Waals surface area contributed by atoms with Crippen LogP contribution in [0, 0.1) is 11.6 Å². The van der Waals surface area contributed by atoms with Crippen molar-refractivity contribution in [3.05, 3.63) is 58.7 Å². The van der Waals surface area contributed by atoms with Gasteiger partial charge in [0.2, 0.25) is 0 Å². The Hall–Kier alpha value is -2.84. The highest BCUT2D eigenvalue weighted by atomic mass is 19.4. The Morgan fingerprint density at radius 3 is 2.37 bits per heavy atom. The maximum Gasteiger partial charge on any atom is 0.513 e. The number of rotatable bonds is 5. The lowest BCUT2D eigenvalue weighted by Gasteiger charge is -2.17. The van der Waals surface area contributed by atoms with E-state index < -0.39 is 41.9 Å². The second kappa shape index (κ2) is 8.24. The first-order valence-electron chi connectivity index (χ1n) is 7.73. The fourth-order valence-corrected chi connectivity index (χ4v) is 2.27. The maximum absolute atomic E-state index is 14.0. The third-order valence-electron chi connectivity index (χ3n) is 3.64. The minimum atomic E-state index is -4.80. The van der Waals surface area contributed by atoms with Crippen LogP contribution in [0.15, 0.2) is 30.3 Å². The molecule has 2 rings (SSSR count). The molecule has 0 bridgehead atoms. The SMILES string of the molecule is CCc1cc(C(F)(F)F)c(OCc2c(F)cccc2OC(=O)OC)cc1F. The molecule has 0 fully saturated rings. The number of hydrogen-bond acceptors (Lipinski definition) is 4. The molecule has 146 valence electrons. The Morgan fingerprint density at radius 2 is 1.78 bits per heavy atom. The molecule has 0 saturated heterocycles. The van der Waals surface area contributed by atoms with Crippen LogP contribution in [0.3, 0.4) is 0 Å². The second-order valence-corrected chi connectivity index (χ2v) is 5.35. The summed E-state index contributed by atoms with van der Waals surface area (Å²) in [6.45, 7) is 0.780. The minimum absolute atomic E-state index is 0.0552. The predicted molar refractivity (Wildman–Crippen MR) is 84.5 cm³/mol. The van der Waals surface area contributed by atoms with Gasteiger partial charge in [-0.1, -0.05) is 13.0 Å². The van der Waals surface area contributed by atoms with E-state index in [-0.39, 0.29) is 23.3 Å². The van der Waals surface area contributed by atoms with E-state index in [1.165, 1.54) is 19.1 Å². The molecule has 0 heterocycles. The van der Waals surface area contributed by atoms with Crippen molar-refractivity contribution >= 4 is 6.16 Å². The van der Waals surface area contributed by atoms with Crippen LogP contribution in [0.2, 0.25) is 0 Å². The number of alkyl halides is 3. The summed E-state index contributed by atoms with van der Waals surface area (Å²) in [5.41, 5.74) is -1.64. The van der Waals surface area contributed by atoms with E-state index in [1.807, 2.05) is 0 Å². The van der Waals surface area contributed by atoms with E-state index in [4.69, 9.17) is 9.47 Å². The summed E-state index contributed by atoms with van der Waals surface area (Å²) in [7, 11) is 1.03. The zero-order valence-electron chi connectivity index (χ0n) is 14.3. The highest BCUT2D eigenvalue weighted by Crippen LogP contribution is 2.38. The van der Waals surface area contributed by atoms with Crippen LogP contribution in [0.1, 0.15) is 23.6 Å². The summed E-state index contributed by atoms with van der Waals surface area (Å²) in [5.74, 6) is -2.85. The summed E-state index contributed by atoms with van der Waals surface area (Å²) in [5, 5.41) is 0. The first-order valence-corrected chi connectivity index (χ1v) is 7.73. The van der Waals surface area contributed by atoms with Gasteiger partial charge in [0.05, 0.1) is 18.2 Å². The lowest BCUT2D eigenvalue weighted by atomic mass is 10.1. The molecule has 0 aliphatic heterocycles. The van der Waals surface area contributed by atoms with Crippen molar-refractivity contribution in [3.63, 3.8) is 0 Å². The molecule has 0 N–H and O–H groups in total. The van der Waals surface area contributed by atoms with Crippen LogP contribution in [0.25, 0.3) is 0 Å². The first kappa shape index (κ1) is 20.5. The topological polar surface area (TPSA) is 44.8 Å². The Morgan fingerprint density at radius 1 is 1.07 bits per heavy atom. The van der Waals surface area contributed by atoms with Gasteiger partial charge in [0.15, 0.2) is 0 Å². The normalized spacial score (nSPS) is 11.2. The third-order valence-corrected chi connectivity index (χ3v) is 3.64. The molecule has 0 amide bonds. The fourth-order valence-electron chi connectivity index (χ4n) is 2.27. The molecule has 0 aromatic heterocycles. The van der Waals surface area contributed by atoms with E-state index in [0.29, 0.717) is 12.1 Å². The van der Waals surface area contributed by atoms with Crippen molar-refractivity contribution in [2.45, 2.75) is 26.1 Å². The Kier molecular flexibility index (Phi) is 6.24. The van der Waals surface area contributed by atoms with Crippen LogP contribution in [0.4, 0.5) is 26.7 Å². The maximum atomic E-state index is 14.0. The van der Waals surface area contributed by atoms with Crippen molar-refractivity contribution in [3.8, 4) is 11.5 Å². The first-order chi connectivity index (χ1) is 12.7. The van der Waals surface area contributed by atoms with Gasteiger partial charge in [-0.25, -0.2) is 13.6 Å². The molecular weight excluding hydrogens is 375 g/mol. The number of benzene rings is 2. The van der Waals surface area contributed by atoms with E-state index in [0.717, 1.165) is 13.2 Å². The molecule has 0 spiro atoms.